The first-order valence-electron chi connectivity index (χ1n) is 14.9. The highest BCUT2D eigenvalue weighted by atomic mass is 35.5. The van der Waals surface area contributed by atoms with Gasteiger partial charge in [0.25, 0.3) is 5.91 Å². The van der Waals surface area contributed by atoms with E-state index in [0.29, 0.717) is 58.0 Å². The van der Waals surface area contributed by atoms with Crippen molar-refractivity contribution in [2.24, 2.45) is 0 Å². The van der Waals surface area contributed by atoms with Crippen molar-refractivity contribution in [2.75, 3.05) is 44.0 Å². The SMILES string of the molecule is COc1cc2c(Nc3ccc(NC(=O)c4cccc(Cl)c4)nc3)ncnc2cc1OCCCN1CCCCC1CCOP(=O)(O)O. The normalized spacial score (nSPS) is 15.4. The molecule has 1 aliphatic heterocycles. The number of pyridine rings is 1. The first-order valence-corrected chi connectivity index (χ1v) is 16.8. The Balaban J connectivity index is 1.18. The third kappa shape index (κ3) is 9.35. The summed E-state index contributed by atoms with van der Waals surface area (Å²) in [5, 5.41) is 7.21. The molecule has 2 aromatic heterocycles. The van der Waals surface area contributed by atoms with E-state index in [-0.39, 0.29) is 18.6 Å². The van der Waals surface area contributed by atoms with E-state index in [2.05, 4.69) is 35.0 Å². The molecule has 0 spiro atoms. The highest BCUT2D eigenvalue weighted by Crippen LogP contribution is 2.37. The van der Waals surface area contributed by atoms with Gasteiger partial charge in [0.2, 0.25) is 0 Å². The zero-order valence-corrected chi connectivity index (χ0v) is 26.9. The van der Waals surface area contributed by atoms with Crippen molar-refractivity contribution < 1.29 is 33.1 Å². The first-order chi connectivity index (χ1) is 22.2. The number of nitrogens with zero attached hydrogens (tertiary/aromatic N) is 4. The minimum atomic E-state index is -4.46. The summed E-state index contributed by atoms with van der Waals surface area (Å²) in [6, 6.07) is 14.0. The monoisotopic (exact) mass is 670 g/mol. The Morgan fingerprint density at radius 1 is 1.09 bits per heavy atom. The average Bonchev–Trinajstić information content (AvgIpc) is 3.04. The van der Waals surface area contributed by atoms with Gasteiger partial charge in [-0.05, 0) is 68.6 Å². The maximum absolute atomic E-state index is 12.5. The van der Waals surface area contributed by atoms with Gasteiger partial charge in [-0.15, -0.1) is 0 Å². The molecule has 2 aromatic carbocycles. The number of carbonyl (C=O) groups is 1. The van der Waals surface area contributed by atoms with Crippen molar-refractivity contribution in [3.63, 3.8) is 0 Å². The fraction of sp³-hybridized carbons (Fsp3) is 0.355. The number of ether oxygens (including phenoxy) is 2. The summed E-state index contributed by atoms with van der Waals surface area (Å²) in [6.07, 6.45) is 7.53. The zero-order chi connectivity index (χ0) is 32.5. The molecule has 1 fully saturated rings. The van der Waals surface area contributed by atoms with Gasteiger partial charge < -0.3 is 34.8 Å². The summed E-state index contributed by atoms with van der Waals surface area (Å²) >= 11 is 5.99. The third-order valence-corrected chi connectivity index (χ3v) is 8.34. The number of methoxy groups -OCH3 is 1. The van der Waals surface area contributed by atoms with Gasteiger partial charge in [0, 0.05) is 34.6 Å². The Morgan fingerprint density at radius 2 is 1.96 bits per heavy atom. The van der Waals surface area contributed by atoms with Crippen LogP contribution in [0, 0.1) is 0 Å². The fourth-order valence-electron chi connectivity index (χ4n) is 5.37. The molecule has 1 unspecified atom stereocenters. The second-order valence-electron chi connectivity index (χ2n) is 10.8. The molecule has 0 radical (unpaired) electrons. The quantitative estimate of drug-likeness (QED) is 0.0941. The number of aromatic nitrogens is 3. The Bertz CT molecular complexity index is 1690. The molecule has 15 heteroatoms. The maximum Gasteiger partial charge on any atom is 0.469 e. The molecule has 46 heavy (non-hydrogen) atoms. The van der Waals surface area contributed by atoms with E-state index in [1.165, 1.54) is 6.33 Å². The number of halogens is 1. The van der Waals surface area contributed by atoms with Gasteiger partial charge in [-0.3, -0.25) is 9.32 Å². The Kier molecular flexibility index (Phi) is 11.4. The largest absolute Gasteiger partial charge is 0.493 e. The Labute approximate surface area is 271 Å². The number of likely N-dealkylation sites (tertiary alicyclic amines) is 1. The van der Waals surface area contributed by atoms with Crippen molar-refractivity contribution in [1.29, 1.82) is 0 Å². The lowest BCUT2D eigenvalue weighted by Gasteiger charge is -2.35. The van der Waals surface area contributed by atoms with E-state index in [1.54, 1.807) is 49.7 Å². The van der Waals surface area contributed by atoms with Crippen molar-refractivity contribution >= 4 is 53.6 Å². The van der Waals surface area contributed by atoms with Crippen LogP contribution < -0.4 is 20.1 Å². The smallest absolute Gasteiger partial charge is 0.469 e. The van der Waals surface area contributed by atoms with E-state index in [4.69, 9.17) is 30.9 Å². The lowest BCUT2D eigenvalue weighted by molar-refractivity contribution is 0.102. The summed E-state index contributed by atoms with van der Waals surface area (Å²) in [5.74, 6) is 1.71. The van der Waals surface area contributed by atoms with E-state index in [0.717, 1.165) is 44.2 Å². The third-order valence-electron chi connectivity index (χ3n) is 7.58. The summed E-state index contributed by atoms with van der Waals surface area (Å²) in [7, 11) is -2.89. The van der Waals surface area contributed by atoms with E-state index >= 15 is 0 Å². The molecule has 0 aliphatic carbocycles. The predicted octanol–water partition coefficient (Wildman–Crippen LogP) is 5.81. The molecule has 1 atom stereocenters. The number of hydrogen-bond donors (Lipinski definition) is 4. The number of fused-ring (bicyclic) bond motifs is 1. The molecule has 3 heterocycles. The highest BCUT2D eigenvalue weighted by Gasteiger charge is 2.23. The van der Waals surface area contributed by atoms with Crippen molar-refractivity contribution in [3.05, 3.63) is 71.6 Å². The second-order valence-corrected chi connectivity index (χ2v) is 12.4. The van der Waals surface area contributed by atoms with Crippen LogP contribution in [0.15, 0.2) is 61.1 Å². The minimum Gasteiger partial charge on any atom is -0.493 e. The Hall–Kier alpha value is -3.84. The summed E-state index contributed by atoms with van der Waals surface area (Å²) in [6.45, 7) is 2.21. The molecule has 13 nitrogen and oxygen atoms in total. The molecule has 4 aromatic rings. The molecule has 1 saturated heterocycles. The second kappa shape index (κ2) is 15.6. The summed E-state index contributed by atoms with van der Waals surface area (Å²) in [4.78, 5) is 46.0. The number of carbonyl (C=O) groups excluding carboxylic acids is 1. The van der Waals surface area contributed by atoms with Crippen molar-refractivity contribution in [2.45, 2.75) is 38.1 Å². The van der Waals surface area contributed by atoms with Crippen LogP contribution in [0.2, 0.25) is 5.02 Å². The van der Waals surface area contributed by atoms with E-state index in [9.17, 15) is 9.36 Å². The lowest BCUT2D eigenvalue weighted by Crippen LogP contribution is -2.41. The van der Waals surface area contributed by atoms with Gasteiger partial charge in [0.1, 0.15) is 18.0 Å². The van der Waals surface area contributed by atoms with Gasteiger partial charge in [-0.25, -0.2) is 19.5 Å². The van der Waals surface area contributed by atoms with Crippen LogP contribution in [0.4, 0.5) is 17.3 Å². The van der Waals surface area contributed by atoms with Crippen LogP contribution in [0.5, 0.6) is 11.5 Å². The van der Waals surface area contributed by atoms with Crippen LogP contribution >= 0.6 is 19.4 Å². The lowest BCUT2D eigenvalue weighted by atomic mass is 9.99. The average molecular weight is 671 g/mol. The van der Waals surface area contributed by atoms with Crippen LogP contribution in [-0.2, 0) is 9.09 Å². The number of piperidine rings is 1. The number of rotatable bonds is 14. The number of anilines is 3. The molecule has 4 N–H and O–H groups in total. The topological polar surface area (TPSA) is 168 Å². The summed E-state index contributed by atoms with van der Waals surface area (Å²) in [5.41, 5.74) is 1.75. The molecule has 0 bridgehead atoms. The van der Waals surface area contributed by atoms with Gasteiger partial charge in [0.15, 0.2) is 11.5 Å². The molecular weight excluding hydrogens is 635 g/mol. The number of phosphoric ester groups is 1. The van der Waals surface area contributed by atoms with Crippen LogP contribution in [0.3, 0.4) is 0 Å². The standard InChI is InChI=1S/C31H36ClN6O7P/c1-43-27-17-25-26(18-28(27)44-14-5-13-38-12-3-2-8-24(38)11-15-45-46(40,41)42)34-20-35-30(25)36-23-9-10-29(33-19-23)37-31(39)21-6-4-7-22(32)16-21/h4,6-7,9-10,16-20,24H,2-3,5,8,11-15H2,1H3,(H,33,37,39)(H,34,35,36)(H2,40,41,42). The molecular formula is C31H36ClN6O7P. The molecule has 1 amide bonds. The first kappa shape index (κ1) is 33.5. The fourth-order valence-corrected chi connectivity index (χ4v) is 5.90. The van der Waals surface area contributed by atoms with Crippen LogP contribution in [0.1, 0.15) is 42.5 Å². The molecule has 1 aliphatic rings. The maximum atomic E-state index is 12.5. The zero-order valence-electron chi connectivity index (χ0n) is 25.3. The molecule has 244 valence electrons. The van der Waals surface area contributed by atoms with Crippen LogP contribution in [-0.4, -0.2) is 75.0 Å². The van der Waals surface area contributed by atoms with Crippen molar-refractivity contribution in [3.8, 4) is 11.5 Å². The van der Waals surface area contributed by atoms with Gasteiger partial charge in [0.05, 0.1) is 37.7 Å². The number of phosphoric acid groups is 1. The van der Waals surface area contributed by atoms with Crippen LogP contribution in [0.25, 0.3) is 10.9 Å². The van der Waals surface area contributed by atoms with Gasteiger partial charge in [-0.2, -0.15) is 0 Å². The highest BCUT2D eigenvalue weighted by molar-refractivity contribution is 7.46. The van der Waals surface area contributed by atoms with E-state index < -0.39 is 7.82 Å². The predicted molar refractivity (Wildman–Crippen MR) is 175 cm³/mol. The number of nitrogens with one attached hydrogen (secondary N) is 2. The Morgan fingerprint density at radius 3 is 2.72 bits per heavy atom. The number of hydrogen-bond acceptors (Lipinski definition) is 10. The van der Waals surface area contributed by atoms with E-state index in [1.807, 2.05) is 12.1 Å². The minimum absolute atomic E-state index is 0.0276. The molecule has 5 rings (SSSR count). The number of benzene rings is 2. The van der Waals surface area contributed by atoms with Gasteiger partial charge >= 0.3 is 7.82 Å². The number of amides is 1. The van der Waals surface area contributed by atoms with Gasteiger partial charge in [-0.1, -0.05) is 24.1 Å². The summed E-state index contributed by atoms with van der Waals surface area (Å²) < 4.78 is 27.4. The van der Waals surface area contributed by atoms with Crippen molar-refractivity contribution in [1.82, 2.24) is 19.9 Å². The molecule has 0 saturated carbocycles.